The van der Waals surface area contributed by atoms with Gasteiger partial charge in [0, 0.05) is 19.0 Å². The number of hydrogen-bond donors (Lipinski definition) is 1. The molecule has 1 aliphatic heterocycles. The van der Waals surface area contributed by atoms with E-state index in [4.69, 9.17) is 4.98 Å². The molecule has 0 atom stereocenters. The van der Waals surface area contributed by atoms with Crippen molar-refractivity contribution in [2.75, 3.05) is 13.1 Å². The molecule has 0 aliphatic carbocycles. The van der Waals surface area contributed by atoms with E-state index in [2.05, 4.69) is 4.98 Å². The van der Waals surface area contributed by atoms with Crippen LogP contribution >= 0.6 is 11.3 Å². The molecule has 134 valence electrons. The topological polar surface area (TPSA) is 66.1 Å². The number of ketones is 1. The second-order valence-electron chi connectivity index (χ2n) is 6.85. The van der Waals surface area contributed by atoms with Crippen LogP contribution in [0.4, 0.5) is 0 Å². The fraction of sp³-hybridized carbons (Fsp3) is 0.350. The number of imidazole rings is 1. The maximum Gasteiger partial charge on any atom is 0.227 e. The first-order chi connectivity index (χ1) is 12.6. The quantitative estimate of drug-likeness (QED) is 0.714. The molecule has 26 heavy (non-hydrogen) atoms. The van der Waals surface area contributed by atoms with Gasteiger partial charge in [0.2, 0.25) is 5.91 Å². The van der Waals surface area contributed by atoms with E-state index in [1.807, 2.05) is 40.6 Å². The molecule has 3 aromatic rings. The molecular formula is C20H21N3O2S. The molecule has 0 spiro atoms. The number of H-pyrrole nitrogens is 1. The molecule has 0 bridgehead atoms. The number of carbonyl (C=O) groups excluding carboxylic acids is 2. The highest BCUT2D eigenvalue weighted by molar-refractivity contribution is 7.12. The molecule has 5 nitrogen and oxygen atoms in total. The molecule has 0 saturated carbocycles. The largest absolute Gasteiger partial charge is 0.342 e. The fourth-order valence-corrected chi connectivity index (χ4v) is 4.32. The van der Waals surface area contributed by atoms with Crippen LogP contribution in [0, 0.1) is 0 Å². The smallest absolute Gasteiger partial charge is 0.227 e. The average Bonchev–Trinajstić information content (AvgIpc) is 3.28. The number of hydrogen-bond acceptors (Lipinski definition) is 4. The lowest BCUT2D eigenvalue weighted by atomic mass is 9.96. The van der Waals surface area contributed by atoms with E-state index in [0.717, 1.165) is 53.2 Å². The van der Waals surface area contributed by atoms with Crippen LogP contribution in [0.25, 0.3) is 11.0 Å². The summed E-state index contributed by atoms with van der Waals surface area (Å²) in [7, 11) is 0. The second kappa shape index (κ2) is 7.03. The van der Waals surface area contributed by atoms with Crippen molar-refractivity contribution in [3.8, 4) is 0 Å². The van der Waals surface area contributed by atoms with Crippen molar-refractivity contribution < 1.29 is 9.59 Å². The van der Waals surface area contributed by atoms with Crippen LogP contribution in [0.1, 0.15) is 46.7 Å². The van der Waals surface area contributed by atoms with E-state index in [-0.39, 0.29) is 11.7 Å². The summed E-state index contributed by atoms with van der Waals surface area (Å²) in [6.45, 7) is 3.06. The Hall–Kier alpha value is -2.47. The number of rotatable bonds is 4. The summed E-state index contributed by atoms with van der Waals surface area (Å²) >= 11 is 1.41. The Morgan fingerprint density at radius 3 is 2.73 bits per heavy atom. The summed E-state index contributed by atoms with van der Waals surface area (Å²) in [5.74, 6) is 1.60. The van der Waals surface area contributed by atoms with Crippen molar-refractivity contribution in [3.63, 3.8) is 0 Å². The number of fused-ring (bicyclic) bond motifs is 1. The summed E-state index contributed by atoms with van der Waals surface area (Å²) in [5, 5.41) is 1.91. The van der Waals surface area contributed by atoms with E-state index in [1.165, 1.54) is 11.3 Å². The zero-order valence-electron chi connectivity index (χ0n) is 14.7. The molecule has 1 aromatic carbocycles. The number of benzene rings is 1. The summed E-state index contributed by atoms with van der Waals surface area (Å²) < 4.78 is 0. The number of nitrogens with one attached hydrogen (secondary N) is 1. The van der Waals surface area contributed by atoms with Gasteiger partial charge in [-0.15, -0.1) is 11.3 Å². The molecule has 1 fully saturated rings. The third-order valence-electron chi connectivity index (χ3n) is 5.00. The van der Waals surface area contributed by atoms with Crippen LogP contribution in [0.15, 0.2) is 35.7 Å². The van der Waals surface area contributed by atoms with E-state index in [0.29, 0.717) is 12.3 Å². The van der Waals surface area contributed by atoms with Crippen LogP contribution in [-0.4, -0.2) is 39.6 Å². The SMILES string of the molecule is CC(=O)c1cc(CC(=O)N2CCC(c3nc4ccccc4[nH]3)CC2)cs1. The van der Waals surface area contributed by atoms with E-state index >= 15 is 0 Å². The number of aromatic nitrogens is 2. The predicted molar refractivity (Wildman–Crippen MR) is 103 cm³/mol. The van der Waals surface area contributed by atoms with E-state index < -0.39 is 0 Å². The average molecular weight is 367 g/mol. The summed E-state index contributed by atoms with van der Waals surface area (Å²) in [4.78, 5) is 34.7. The molecule has 1 amide bonds. The number of likely N-dealkylation sites (tertiary alicyclic amines) is 1. The molecule has 3 heterocycles. The molecule has 2 aromatic heterocycles. The van der Waals surface area contributed by atoms with Gasteiger partial charge < -0.3 is 9.88 Å². The van der Waals surface area contributed by atoms with Crippen LogP contribution < -0.4 is 0 Å². The highest BCUT2D eigenvalue weighted by Gasteiger charge is 2.26. The van der Waals surface area contributed by atoms with E-state index in [1.54, 1.807) is 6.92 Å². The number of aromatic amines is 1. The van der Waals surface area contributed by atoms with Crippen LogP contribution in [0.5, 0.6) is 0 Å². The van der Waals surface area contributed by atoms with Crippen molar-refractivity contribution in [1.29, 1.82) is 0 Å². The molecule has 1 saturated heterocycles. The van der Waals surface area contributed by atoms with Gasteiger partial charge in [0.15, 0.2) is 5.78 Å². The Morgan fingerprint density at radius 1 is 1.27 bits per heavy atom. The number of piperidine rings is 1. The van der Waals surface area contributed by atoms with Crippen molar-refractivity contribution in [2.24, 2.45) is 0 Å². The van der Waals surface area contributed by atoms with E-state index in [9.17, 15) is 9.59 Å². The lowest BCUT2D eigenvalue weighted by molar-refractivity contribution is -0.131. The zero-order chi connectivity index (χ0) is 18.1. The number of para-hydroxylation sites is 2. The molecule has 0 radical (unpaired) electrons. The number of amides is 1. The minimum Gasteiger partial charge on any atom is -0.342 e. The van der Waals surface area contributed by atoms with Gasteiger partial charge in [-0.1, -0.05) is 12.1 Å². The maximum atomic E-state index is 12.6. The first-order valence-electron chi connectivity index (χ1n) is 8.91. The standard InChI is InChI=1S/C20H21N3O2S/c1-13(24)18-10-14(12-26-18)11-19(25)23-8-6-15(7-9-23)20-21-16-4-2-3-5-17(16)22-20/h2-5,10,12,15H,6-9,11H2,1H3,(H,21,22). The van der Waals surface area contributed by atoms with Crippen LogP contribution in [-0.2, 0) is 11.2 Å². The molecule has 6 heteroatoms. The van der Waals surface area contributed by atoms with Gasteiger partial charge in [-0.3, -0.25) is 9.59 Å². The Kier molecular flexibility index (Phi) is 4.59. The van der Waals surface area contributed by atoms with Gasteiger partial charge in [-0.25, -0.2) is 4.98 Å². The Balaban J connectivity index is 1.36. The lowest BCUT2D eigenvalue weighted by Crippen LogP contribution is -2.38. The molecular weight excluding hydrogens is 346 g/mol. The molecule has 4 rings (SSSR count). The van der Waals surface area contributed by atoms with Gasteiger partial charge in [-0.2, -0.15) is 0 Å². The molecule has 1 N–H and O–H groups in total. The number of thiophene rings is 1. The number of Topliss-reactive ketones (excluding diaryl/α,β-unsaturated/α-hetero) is 1. The van der Waals surface area contributed by atoms with Gasteiger partial charge in [-0.05, 0) is 48.9 Å². The number of nitrogens with zero attached hydrogens (tertiary/aromatic N) is 2. The Labute approximate surface area is 156 Å². The first kappa shape index (κ1) is 17.0. The van der Waals surface area contributed by atoms with Crippen molar-refractivity contribution in [3.05, 3.63) is 52.0 Å². The van der Waals surface area contributed by atoms with Gasteiger partial charge >= 0.3 is 0 Å². The zero-order valence-corrected chi connectivity index (χ0v) is 15.5. The fourth-order valence-electron chi connectivity index (χ4n) is 3.51. The summed E-state index contributed by atoms with van der Waals surface area (Å²) in [6, 6.07) is 9.90. The minimum absolute atomic E-state index is 0.0559. The van der Waals surface area contributed by atoms with Crippen molar-refractivity contribution in [2.45, 2.75) is 32.1 Å². The van der Waals surface area contributed by atoms with Crippen LogP contribution in [0.2, 0.25) is 0 Å². The molecule has 0 unspecified atom stereocenters. The highest BCUT2D eigenvalue weighted by Crippen LogP contribution is 2.28. The predicted octanol–water partition coefficient (Wildman–Crippen LogP) is 3.78. The minimum atomic E-state index is 0.0559. The lowest BCUT2D eigenvalue weighted by Gasteiger charge is -2.31. The van der Waals surface area contributed by atoms with Crippen LogP contribution in [0.3, 0.4) is 0 Å². The normalized spacial score (nSPS) is 15.5. The van der Waals surface area contributed by atoms with Gasteiger partial charge in [0.05, 0.1) is 22.3 Å². The Morgan fingerprint density at radius 2 is 2.04 bits per heavy atom. The maximum absolute atomic E-state index is 12.6. The van der Waals surface area contributed by atoms with Gasteiger partial charge in [0.25, 0.3) is 0 Å². The highest BCUT2D eigenvalue weighted by atomic mass is 32.1. The first-order valence-corrected chi connectivity index (χ1v) is 9.79. The third kappa shape index (κ3) is 3.42. The van der Waals surface area contributed by atoms with Crippen molar-refractivity contribution >= 4 is 34.1 Å². The molecule has 1 aliphatic rings. The second-order valence-corrected chi connectivity index (χ2v) is 7.76. The summed E-state index contributed by atoms with van der Waals surface area (Å²) in [6.07, 6.45) is 2.22. The Bertz CT molecular complexity index is 918. The monoisotopic (exact) mass is 367 g/mol. The summed E-state index contributed by atoms with van der Waals surface area (Å²) in [5.41, 5.74) is 3.00. The third-order valence-corrected chi connectivity index (χ3v) is 6.08. The number of carbonyl (C=O) groups is 2. The van der Waals surface area contributed by atoms with Crippen molar-refractivity contribution in [1.82, 2.24) is 14.9 Å². The van der Waals surface area contributed by atoms with Gasteiger partial charge in [0.1, 0.15) is 5.82 Å².